The van der Waals surface area contributed by atoms with E-state index in [4.69, 9.17) is 10.5 Å². The summed E-state index contributed by atoms with van der Waals surface area (Å²) in [4.78, 5) is 11.3. The molecule has 4 N–H and O–H groups in total. The van der Waals surface area contributed by atoms with Gasteiger partial charge in [-0.1, -0.05) is 0 Å². The first-order chi connectivity index (χ1) is 8.94. The molecule has 0 aromatic rings. The third-order valence-corrected chi connectivity index (χ3v) is 3.92. The van der Waals surface area contributed by atoms with Crippen LogP contribution in [0.5, 0.6) is 0 Å². The number of rotatable bonds is 11. The molecule has 0 atom stereocenters. The number of nitrogens with zero attached hydrogens (tertiary/aromatic N) is 1. The molecule has 1 amide bonds. The Morgan fingerprint density at radius 1 is 1.37 bits per heavy atom. The van der Waals surface area contributed by atoms with Crippen molar-refractivity contribution in [2.24, 2.45) is 5.73 Å². The summed E-state index contributed by atoms with van der Waals surface area (Å²) in [6.07, 6.45) is 0.683. The second-order valence-corrected chi connectivity index (χ2v) is 5.82. The summed E-state index contributed by atoms with van der Waals surface area (Å²) >= 11 is 0. The van der Waals surface area contributed by atoms with E-state index in [2.05, 4.69) is 10.0 Å². The van der Waals surface area contributed by atoms with Gasteiger partial charge in [-0.15, -0.1) is 0 Å². The van der Waals surface area contributed by atoms with Crippen molar-refractivity contribution < 1.29 is 17.9 Å². The molecule has 0 aromatic heterocycles. The average molecular weight is 296 g/mol. The summed E-state index contributed by atoms with van der Waals surface area (Å²) in [6, 6.07) is 0. The fourth-order valence-corrected chi connectivity index (χ4v) is 2.17. The molecule has 0 aliphatic heterocycles. The van der Waals surface area contributed by atoms with Crippen LogP contribution < -0.4 is 15.8 Å². The topological polar surface area (TPSA) is 114 Å². The lowest BCUT2D eigenvalue weighted by Crippen LogP contribution is -2.40. The highest BCUT2D eigenvalue weighted by atomic mass is 32.2. The second-order valence-electron chi connectivity index (χ2n) is 3.96. The van der Waals surface area contributed by atoms with Crippen LogP contribution in [0.4, 0.5) is 0 Å². The second kappa shape index (κ2) is 10.1. The van der Waals surface area contributed by atoms with E-state index in [1.54, 1.807) is 0 Å². The van der Waals surface area contributed by atoms with E-state index in [-0.39, 0.29) is 18.9 Å². The van der Waals surface area contributed by atoms with Crippen LogP contribution in [0.25, 0.3) is 0 Å². The van der Waals surface area contributed by atoms with Gasteiger partial charge in [0.15, 0.2) is 0 Å². The molecule has 0 aromatic carbocycles. The van der Waals surface area contributed by atoms with Gasteiger partial charge < -0.3 is 15.8 Å². The fourth-order valence-electron chi connectivity index (χ4n) is 1.22. The Bertz CT molecular complexity index is 347. The largest absolute Gasteiger partial charge is 0.383 e. The molecule has 0 aliphatic carbocycles. The Morgan fingerprint density at radius 2 is 2.05 bits per heavy atom. The minimum absolute atomic E-state index is 0.0636. The Labute approximate surface area is 114 Å². The lowest BCUT2D eigenvalue weighted by molar-refractivity contribution is -0.121. The minimum Gasteiger partial charge on any atom is -0.383 e. The van der Waals surface area contributed by atoms with Crippen molar-refractivity contribution in [2.75, 3.05) is 46.9 Å². The molecule has 19 heavy (non-hydrogen) atoms. The summed E-state index contributed by atoms with van der Waals surface area (Å²) < 4.78 is 31.7. The van der Waals surface area contributed by atoms with Crippen LogP contribution in [-0.2, 0) is 19.7 Å². The van der Waals surface area contributed by atoms with Gasteiger partial charge in [0.2, 0.25) is 5.91 Å². The molecule has 0 heterocycles. The number of hydrogen-bond donors (Lipinski definition) is 3. The third-order valence-electron chi connectivity index (χ3n) is 2.35. The maximum atomic E-state index is 11.7. The normalized spacial score (nSPS) is 11.8. The first-order valence-corrected chi connectivity index (χ1v) is 7.54. The molecule has 0 unspecified atom stereocenters. The Morgan fingerprint density at radius 3 is 2.63 bits per heavy atom. The number of ether oxygens (including phenoxy) is 1. The molecule has 0 saturated heterocycles. The highest BCUT2D eigenvalue weighted by molar-refractivity contribution is 7.87. The van der Waals surface area contributed by atoms with Gasteiger partial charge in [-0.05, 0) is 13.0 Å². The number of amides is 1. The Hall–Kier alpha value is -0.740. The number of carbonyl (C=O) groups excluding carboxylic acids is 1. The molecule has 0 radical (unpaired) electrons. The van der Waals surface area contributed by atoms with Gasteiger partial charge in [-0.25, -0.2) is 4.72 Å². The smallest absolute Gasteiger partial charge is 0.279 e. The predicted molar refractivity (Wildman–Crippen MR) is 72.7 cm³/mol. The lowest BCUT2D eigenvalue weighted by atomic mass is 10.4. The minimum atomic E-state index is -3.53. The van der Waals surface area contributed by atoms with Gasteiger partial charge in [-0.3, -0.25) is 4.79 Å². The summed E-state index contributed by atoms with van der Waals surface area (Å²) in [5.41, 5.74) is 5.31. The molecule has 9 heteroatoms. The number of nitrogens with two attached hydrogens (primary N) is 1. The van der Waals surface area contributed by atoms with Crippen molar-refractivity contribution in [3.63, 3.8) is 0 Å². The highest BCUT2D eigenvalue weighted by Gasteiger charge is 2.16. The van der Waals surface area contributed by atoms with E-state index in [0.29, 0.717) is 32.7 Å². The van der Waals surface area contributed by atoms with Gasteiger partial charge >= 0.3 is 0 Å². The van der Waals surface area contributed by atoms with Crippen molar-refractivity contribution in [1.82, 2.24) is 14.3 Å². The van der Waals surface area contributed by atoms with E-state index in [1.807, 2.05) is 0 Å². The van der Waals surface area contributed by atoms with E-state index in [0.717, 1.165) is 0 Å². The average Bonchev–Trinajstić information content (AvgIpc) is 2.36. The Kier molecular flexibility index (Phi) is 9.70. The van der Waals surface area contributed by atoms with Crippen LogP contribution in [0.2, 0.25) is 0 Å². The number of hydrogen-bond acceptors (Lipinski definition) is 5. The van der Waals surface area contributed by atoms with Gasteiger partial charge in [0.1, 0.15) is 0 Å². The highest BCUT2D eigenvalue weighted by Crippen LogP contribution is 1.95. The molecule has 8 nitrogen and oxygen atoms in total. The van der Waals surface area contributed by atoms with E-state index in [9.17, 15) is 13.2 Å². The van der Waals surface area contributed by atoms with Crippen molar-refractivity contribution >= 4 is 16.1 Å². The summed E-state index contributed by atoms with van der Waals surface area (Å²) in [7, 11) is -0.522. The zero-order valence-corrected chi connectivity index (χ0v) is 12.3. The molecule has 114 valence electrons. The maximum Gasteiger partial charge on any atom is 0.279 e. The van der Waals surface area contributed by atoms with Crippen molar-refractivity contribution in [3.05, 3.63) is 0 Å². The standard InChI is InChI=1S/C10H24N4O4S/c1-14(8-3-5-11)19(16,17)13-6-4-10(15)12-7-9-18-2/h13H,3-9,11H2,1-2H3,(H,12,15). The molecular weight excluding hydrogens is 272 g/mol. The summed E-state index contributed by atoms with van der Waals surface area (Å²) in [5, 5.41) is 2.60. The molecule has 0 bridgehead atoms. The number of methoxy groups -OCH3 is 1. The van der Waals surface area contributed by atoms with Crippen LogP contribution in [0.15, 0.2) is 0 Å². The van der Waals surface area contributed by atoms with Crippen LogP contribution in [-0.4, -0.2) is 65.6 Å². The molecule has 0 rings (SSSR count). The van der Waals surface area contributed by atoms with Crippen LogP contribution >= 0.6 is 0 Å². The quantitative estimate of drug-likeness (QED) is 0.391. The van der Waals surface area contributed by atoms with Crippen LogP contribution in [0.1, 0.15) is 12.8 Å². The molecule has 0 spiro atoms. The van der Waals surface area contributed by atoms with E-state index < -0.39 is 10.2 Å². The van der Waals surface area contributed by atoms with Crippen molar-refractivity contribution in [2.45, 2.75) is 12.8 Å². The molecule has 0 saturated carbocycles. The van der Waals surface area contributed by atoms with Crippen LogP contribution in [0.3, 0.4) is 0 Å². The fraction of sp³-hybridized carbons (Fsp3) is 0.900. The van der Waals surface area contributed by atoms with Gasteiger partial charge in [0, 0.05) is 40.2 Å². The summed E-state index contributed by atoms with van der Waals surface area (Å²) in [6.45, 7) is 1.69. The first-order valence-electron chi connectivity index (χ1n) is 6.10. The van der Waals surface area contributed by atoms with Gasteiger partial charge in [0.25, 0.3) is 10.2 Å². The van der Waals surface area contributed by atoms with Crippen LogP contribution in [0, 0.1) is 0 Å². The maximum absolute atomic E-state index is 11.7. The van der Waals surface area contributed by atoms with E-state index in [1.165, 1.54) is 18.5 Å². The third kappa shape index (κ3) is 8.89. The van der Waals surface area contributed by atoms with Gasteiger partial charge in [0.05, 0.1) is 6.61 Å². The molecule has 0 aliphatic rings. The predicted octanol–water partition coefficient (Wildman–Crippen LogP) is -1.75. The Balaban J connectivity index is 3.88. The number of nitrogens with one attached hydrogen (secondary N) is 2. The monoisotopic (exact) mass is 296 g/mol. The van der Waals surface area contributed by atoms with Crippen molar-refractivity contribution in [3.8, 4) is 0 Å². The van der Waals surface area contributed by atoms with Gasteiger partial charge in [-0.2, -0.15) is 12.7 Å². The molecular formula is C10H24N4O4S. The first kappa shape index (κ1) is 18.3. The van der Waals surface area contributed by atoms with E-state index >= 15 is 0 Å². The van der Waals surface area contributed by atoms with Crippen molar-refractivity contribution in [1.29, 1.82) is 0 Å². The SMILES string of the molecule is COCCNC(=O)CCNS(=O)(=O)N(C)CCCN. The zero-order chi connectivity index (χ0) is 14.7. The number of carbonyl (C=O) groups is 1. The lowest BCUT2D eigenvalue weighted by Gasteiger charge is -2.17. The molecule has 0 fully saturated rings. The summed E-state index contributed by atoms with van der Waals surface area (Å²) in [5.74, 6) is -0.218. The zero-order valence-electron chi connectivity index (χ0n) is 11.5.